The van der Waals surface area contributed by atoms with Crippen LogP contribution in [0.4, 0.5) is 23.2 Å². The maximum Gasteiger partial charge on any atom is 0.416 e. The van der Waals surface area contributed by atoms with Crippen LogP contribution in [0.1, 0.15) is 16.7 Å². The van der Waals surface area contributed by atoms with E-state index >= 15 is 0 Å². The number of hydrogen-bond donors (Lipinski definition) is 3. The van der Waals surface area contributed by atoms with Gasteiger partial charge in [0.2, 0.25) is 11.7 Å². The fourth-order valence-electron chi connectivity index (χ4n) is 3.55. The number of aliphatic hydroxyl groups excluding tert-OH is 1. The summed E-state index contributed by atoms with van der Waals surface area (Å²) in [5.41, 5.74) is 1.15. The van der Waals surface area contributed by atoms with Crippen LogP contribution in [0.2, 0.25) is 0 Å². The molecular formula is C25H19F4N3O4S. The van der Waals surface area contributed by atoms with Crippen molar-refractivity contribution in [1.82, 2.24) is 4.57 Å². The third-order valence-electron chi connectivity index (χ3n) is 5.59. The largest absolute Gasteiger partial charge is 0.505 e. The molecule has 7 nitrogen and oxygen atoms in total. The van der Waals surface area contributed by atoms with Crippen LogP contribution in [-0.2, 0) is 11.0 Å². The highest BCUT2D eigenvalue weighted by Gasteiger charge is 2.32. The molecule has 1 aliphatic rings. The lowest BCUT2D eigenvalue weighted by Gasteiger charge is -2.11. The van der Waals surface area contributed by atoms with Crippen molar-refractivity contribution < 1.29 is 37.7 Å². The Hall–Kier alpha value is -4.19. The summed E-state index contributed by atoms with van der Waals surface area (Å²) in [4.78, 5) is 10.7. The molecule has 0 radical (unpaired) electrons. The molecule has 0 bridgehead atoms. The highest BCUT2D eigenvalue weighted by Crippen LogP contribution is 2.43. The standard InChI is InChI=1S/C25H19F4N3O4S/c1-13-3-5-16(9-14(13)2)32-20-10-15(25(27,28)29)4-6-17(20)22(23(32)34)31-30-19-7-8-37(12-21(19)33)11-18(26)24(35)36/h3-12,33-34H,1-2H3,(H,35,36)/b18-11-,31-30?. The minimum Gasteiger partial charge on any atom is -0.505 e. The number of carbonyl (C=O) groups is 1. The maximum atomic E-state index is 13.4. The summed E-state index contributed by atoms with van der Waals surface area (Å²) in [7, 11) is -1.15. The van der Waals surface area contributed by atoms with Crippen LogP contribution >= 0.6 is 10.5 Å². The number of alkyl halides is 3. The van der Waals surface area contributed by atoms with Gasteiger partial charge in [0.25, 0.3) is 0 Å². The first-order valence-corrected chi connectivity index (χ1v) is 12.0. The number of aliphatic carboxylic acids is 1. The fourth-order valence-corrected chi connectivity index (χ4v) is 4.78. The molecule has 1 aromatic heterocycles. The molecule has 1 unspecified atom stereocenters. The number of aliphatic hydroxyl groups is 1. The Balaban J connectivity index is 1.84. The molecule has 0 saturated carbocycles. The average molecular weight is 534 g/mol. The van der Waals surface area contributed by atoms with Crippen LogP contribution in [0.3, 0.4) is 0 Å². The molecule has 0 aliphatic carbocycles. The number of benzene rings is 2. The molecule has 4 rings (SSSR count). The van der Waals surface area contributed by atoms with Crippen LogP contribution in [0, 0.1) is 13.8 Å². The number of allylic oxidation sites excluding steroid dienone is 1. The molecule has 2 heterocycles. The Kier molecular flexibility index (Phi) is 6.78. The number of hydrogen-bond acceptors (Lipinski definition) is 5. The van der Waals surface area contributed by atoms with E-state index in [0.29, 0.717) is 5.69 Å². The minimum absolute atomic E-state index is 0.0457. The van der Waals surface area contributed by atoms with E-state index in [0.717, 1.165) is 28.7 Å². The molecule has 12 heteroatoms. The quantitative estimate of drug-likeness (QED) is 0.138. The zero-order valence-corrected chi connectivity index (χ0v) is 20.1. The summed E-state index contributed by atoms with van der Waals surface area (Å²) in [5, 5.41) is 41.4. The Morgan fingerprint density at radius 2 is 1.78 bits per heavy atom. The Morgan fingerprint density at radius 3 is 2.41 bits per heavy atom. The van der Waals surface area contributed by atoms with Crippen LogP contribution in [0.5, 0.6) is 5.88 Å². The lowest BCUT2D eigenvalue weighted by Crippen LogP contribution is -2.05. The van der Waals surface area contributed by atoms with Crippen LogP contribution in [0.15, 0.2) is 80.8 Å². The van der Waals surface area contributed by atoms with Gasteiger partial charge in [-0.25, -0.2) is 4.79 Å². The van der Waals surface area contributed by atoms with E-state index in [1.807, 2.05) is 13.8 Å². The van der Waals surface area contributed by atoms with Crippen molar-refractivity contribution in [3.8, 4) is 11.6 Å². The average Bonchev–Trinajstić information content (AvgIpc) is 3.10. The topological polar surface area (TPSA) is 107 Å². The van der Waals surface area contributed by atoms with Crippen molar-refractivity contribution in [2.45, 2.75) is 20.0 Å². The minimum atomic E-state index is -4.62. The summed E-state index contributed by atoms with van der Waals surface area (Å²) < 4.78 is 54.9. The highest BCUT2D eigenvalue weighted by atomic mass is 32.2. The Morgan fingerprint density at radius 1 is 1.05 bits per heavy atom. The number of aromatic nitrogens is 1. The smallest absolute Gasteiger partial charge is 0.416 e. The third kappa shape index (κ3) is 5.19. The number of aromatic hydroxyl groups is 1. The van der Waals surface area contributed by atoms with Gasteiger partial charge in [-0.15, -0.1) is 20.7 Å². The molecule has 0 saturated heterocycles. The van der Waals surface area contributed by atoms with Gasteiger partial charge >= 0.3 is 12.1 Å². The molecule has 1 aliphatic heterocycles. The normalized spacial score (nSPS) is 16.6. The molecular weight excluding hydrogens is 514 g/mol. The summed E-state index contributed by atoms with van der Waals surface area (Å²) in [5.74, 6) is -4.01. The van der Waals surface area contributed by atoms with Crippen molar-refractivity contribution in [1.29, 1.82) is 0 Å². The maximum absolute atomic E-state index is 13.4. The molecule has 37 heavy (non-hydrogen) atoms. The summed E-state index contributed by atoms with van der Waals surface area (Å²) in [6, 6.07) is 8.09. The first-order chi connectivity index (χ1) is 17.4. The predicted molar refractivity (Wildman–Crippen MR) is 133 cm³/mol. The predicted octanol–water partition coefficient (Wildman–Crippen LogP) is 7.32. The highest BCUT2D eigenvalue weighted by molar-refractivity contribution is 8.20. The van der Waals surface area contributed by atoms with Gasteiger partial charge in [-0.3, -0.25) is 4.57 Å². The van der Waals surface area contributed by atoms with E-state index in [1.165, 1.54) is 27.5 Å². The number of azo groups is 1. The molecule has 1 atom stereocenters. The van der Waals surface area contributed by atoms with Crippen LogP contribution in [-0.4, -0.2) is 31.2 Å². The number of fused-ring (bicyclic) bond motifs is 1. The third-order valence-corrected chi connectivity index (χ3v) is 7.01. The lowest BCUT2D eigenvalue weighted by atomic mass is 10.1. The van der Waals surface area contributed by atoms with Gasteiger partial charge in [0, 0.05) is 21.9 Å². The van der Waals surface area contributed by atoms with Gasteiger partial charge in [-0.2, -0.15) is 17.6 Å². The Bertz CT molecular complexity index is 1600. The van der Waals surface area contributed by atoms with E-state index < -0.39 is 45.7 Å². The zero-order chi connectivity index (χ0) is 27.1. The molecule has 3 aromatic rings. The molecule has 3 N–H and O–H groups in total. The van der Waals surface area contributed by atoms with Crippen molar-refractivity contribution >= 4 is 38.4 Å². The summed E-state index contributed by atoms with van der Waals surface area (Å²) in [6.45, 7) is 3.70. The van der Waals surface area contributed by atoms with Crippen LogP contribution in [0.25, 0.3) is 16.6 Å². The number of halogens is 4. The van der Waals surface area contributed by atoms with Gasteiger partial charge in [-0.05, 0) is 66.7 Å². The number of carboxylic acids is 1. The van der Waals surface area contributed by atoms with Crippen molar-refractivity contribution in [2.75, 3.05) is 0 Å². The fraction of sp³-hybridized carbons (Fsp3) is 0.120. The Labute approximate surface area is 209 Å². The molecule has 0 amide bonds. The second-order valence-corrected chi connectivity index (χ2v) is 9.64. The van der Waals surface area contributed by atoms with E-state index in [1.54, 1.807) is 18.2 Å². The number of carboxylic acid groups (broad SMARTS) is 1. The van der Waals surface area contributed by atoms with E-state index in [4.69, 9.17) is 5.11 Å². The first-order valence-electron chi connectivity index (χ1n) is 10.6. The monoisotopic (exact) mass is 533 g/mol. The number of nitrogens with zero attached hydrogens (tertiary/aromatic N) is 3. The van der Waals surface area contributed by atoms with Crippen LogP contribution < -0.4 is 0 Å². The molecule has 0 spiro atoms. The summed E-state index contributed by atoms with van der Waals surface area (Å²) in [6.07, 6.45) is -3.33. The van der Waals surface area contributed by atoms with Gasteiger partial charge in [0.15, 0.2) is 5.69 Å². The summed E-state index contributed by atoms with van der Waals surface area (Å²) >= 11 is 0. The molecule has 0 fully saturated rings. The SMILES string of the molecule is Cc1ccc(-n2c(O)c(N=NC3=CC=S(/C=C(\F)C(=O)O)C=C3O)c3ccc(C(F)(F)F)cc32)cc1C. The number of rotatable bonds is 5. The molecule has 2 aromatic carbocycles. The van der Waals surface area contributed by atoms with E-state index in [9.17, 15) is 32.6 Å². The van der Waals surface area contributed by atoms with Gasteiger partial charge in [0.05, 0.1) is 11.1 Å². The molecule has 192 valence electrons. The first kappa shape index (κ1) is 25.9. The van der Waals surface area contributed by atoms with Gasteiger partial charge in [0.1, 0.15) is 11.5 Å². The zero-order valence-electron chi connectivity index (χ0n) is 19.3. The van der Waals surface area contributed by atoms with Gasteiger partial charge < -0.3 is 15.3 Å². The van der Waals surface area contributed by atoms with Gasteiger partial charge in [-0.1, -0.05) is 6.07 Å². The van der Waals surface area contributed by atoms with E-state index in [2.05, 4.69) is 10.2 Å². The van der Waals surface area contributed by atoms with E-state index in [-0.39, 0.29) is 22.3 Å². The van der Waals surface area contributed by atoms with Crippen molar-refractivity contribution in [3.05, 3.63) is 87.3 Å². The van der Waals surface area contributed by atoms with Crippen molar-refractivity contribution in [3.63, 3.8) is 0 Å². The second kappa shape index (κ2) is 9.69. The lowest BCUT2D eigenvalue weighted by molar-refractivity contribution is -0.137. The number of aryl methyl sites for hydroxylation is 2. The van der Waals surface area contributed by atoms with Crippen molar-refractivity contribution in [2.24, 2.45) is 10.2 Å². The second-order valence-electron chi connectivity index (χ2n) is 8.08.